The number of nitrogens with one attached hydrogen (secondary N) is 1. The van der Waals surface area contributed by atoms with Crippen LogP contribution in [0.5, 0.6) is 5.75 Å². The average Bonchev–Trinajstić information content (AvgIpc) is 3.25. The molecule has 1 unspecified atom stereocenters. The zero-order chi connectivity index (χ0) is 28.3. The van der Waals surface area contributed by atoms with Crippen LogP contribution in [0.4, 0.5) is 25.2 Å². The lowest BCUT2D eigenvalue weighted by molar-refractivity contribution is -0.154. The lowest BCUT2D eigenvalue weighted by Crippen LogP contribution is -2.22. The molecule has 11 heteroatoms. The van der Waals surface area contributed by atoms with Gasteiger partial charge in [-0.2, -0.15) is 8.78 Å². The molecule has 0 amide bonds. The first-order valence-electron chi connectivity index (χ1n) is 11.5. The number of carbonyl (C=O) groups excluding carboxylic acids is 1. The minimum absolute atomic E-state index is 0.0359. The van der Waals surface area contributed by atoms with E-state index in [1.165, 1.54) is 24.3 Å². The fourth-order valence-electron chi connectivity index (χ4n) is 3.41. The number of carboxylic acid groups (broad SMARTS) is 1. The van der Waals surface area contributed by atoms with Gasteiger partial charge in [-0.25, -0.2) is 4.79 Å². The van der Waals surface area contributed by atoms with Gasteiger partial charge in [-0.3, -0.25) is 4.79 Å². The molecule has 0 saturated heterocycles. The van der Waals surface area contributed by atoms with Gasteiger partial charge in [0.15, 0.2) is 4.88 Å². The third kappa shape index (κ3) is 7.07. The molecule has 2 aromatic carbocycles. The Balaban J connectivity index is 1.85. The highest BCUT2D eigenvalue weighted by Gasteiger charge is 2.33. The number of esters is 1. The Kier molecular flexibility index (Phi) is 9.13. The number of thiophene rings is 1. The number of anilines is 3. The lowest BCUT2D eigenvalue weighted by Gasteiger charge is -2.21. The monoisotopic (exact) mass is 658 g/mol. The molecule has 1 atom stereocenters. The fraction of sp³-hybridized carbons (Fsp3) is 0.296. The first-order chi connectivity index (χ1) is 17.7. The molecule has 3 rings (SSSR count). The van der Waals surface area contributed by atoms with Gasteiger partial charge in [-0.15, -0.1) is 11.3 Å². The van der Waals surface area contributed by atoms with E-state index in [2.05, 4.69) is 9.83 Å². The van der Waals surface area contributed by atoms with E-state index in [1.807, 2.05) is 0 Å². The number of alkyl halides is 3. The zero-order valence-electron chi connectivity index (χ0n) is 21.3. The summed E-state index contributed by atoms with van der Waals surface area (Å²) in [6, 6.07) is 12.6. The molecule has 1 heterocycles. The quantitative estimate of drug-likeness (QED) is 0.0898. The largest absolute Gasteiger partial charge is 0.484 e. The molecule has 0 bridgehead atoms. The Morgan fingerprint density at radius 2 is 1.87 bits per heavy atom. The summed E-state index contributed by atoms with van der Waals surface area (Å²) in [5.41, 5.74) is 7.12. The molecule has 0 aliphatic heterocycles. The number of rotatable bonds is 10. The number of hydrogen-bond donors (Lipinski definition) is 3. The third-order valence-corrected chi connectivity index (χ3v) is 7.98. The van der Waals surface area contributed by atoms with Gasteiger partial charge < -0.3 is 25.6 Å². The van der Waals surface area contributed by atoms with Gasteiger partial charge in [0.1, 0.15) is 18.5 Å². The molecule has 0 saturated carbocycles. The number of aromatic carboxylic acids is 1. The minimum Gasteiger partial charge on any atom is -0.484 e. The van der Waals surface area contributed by atoms with Gasteiger partial charge in [-0.05, 0) is 66.1 Å². The Bertz CT molecular complexity index is 1350. The second-order valence-electron chi connectivity index (χ2n) is 9.46. The maximum absolute atomic E-state index is 14.5. The van der Waals surface area contributed by atoms with Crippen LogP contribution in [0, 0.1) is 5.41 Å². The SMILES string of the molecule is C=IC(F)(F)c1ccccc1C(C)Oc1cc(Nc2cc(COC(=O)C(C)(C)C)ccc2N)sc1C(=O)O. The maximum atomic E-state index is 14.5. The van der Waals surface area contributed by atoms with Crippen molar-refractivity contribution in [2.75, 3.05) is 11.1 Å². The Morgan fingerprint density at radius 3 is 2.50 bits per heavy atom. The summed E-state index contributed by atoms with van der Waals surface area (Å²) in [5, 5.41) is 13.3. The van der Waals surface area contributed by atoms with Crippen molar-refractivity contribution in [2.45, 2.75) is 44.3 Å². The van der Waals surface area contributed by atoms with Crippen molar-refractivity contribution in [1.82, 2.24) is 0 Å². The van der Waals surface area contributed by atoms with Crippen LogP contribution < -0.4 is 15.8 Å². The number of halogens is 3. The molecule has 1 aromatic heterocycles. The number of carboxylic acids is 1. The topological polar surface area (TPSA) is 111 Å². The number of ether oxygens (including phenoxy) is 2. The fourth-order valence-corrected chi connectivity index (χ4v) is 5.15. The molecule has 0 aliphatic carbocycles. The van der Waals surface area contributed by atoms with E-state index in [4.69, 9.17) is 15.2 Å². The van der Waals surface area contributed by atoms with Crippen LogP contribution in [0.15, 0.2) is 48.5 Å². The van der Waals surface area contributed by atoms with Crippen molar-refractivity contribution >= 4 is 64.9 Å². The number of hydrogen-bond acceptors (Lipinski definition) is 7. The summed E-state index contributed by atoms with van der Waals surface area (Å²) in [7, 11) is 0. The summed E-state index contributed by atoms with van der Waals surface area (Å²) >= 11 is -0.741. The van der Waals surface area contributed by atoms with Crippen LogP contribution in [0.3, 0.4) is 0 Å². The standard InChI is InChI=1S/C27H29F2IN2O5S/c1-15(17-8-6-7-9-18(17)27(28,29)30-5)37-21-13-22(38-23(21)24(33)34)32-20-12-16(10-11-19(20)31)14-36-25(35)26(2,3)4/h6-13,15,32H,5,14,31H2,1-4H3,(H,33,34). The van der Waals surface area contributed by atoms with Gasteiger partial charge in [-0.1, -0.05) is 34.8 Å². The van der Waals surface area contributed by atoms with E-state index in [0.29, 0.717) is 21.9 Å². The second kappa shape index (κ2) is 11.8. The molecular formula is C27H29F2IN2O5S. The van der Waals surface area contributed by atoms with Gasteiger partial charge in [0.2, 0.25) is 0 Å². The van der Waals surface area contributed by atoms with Crippen LogP contribution in [0.1, 0.15) is 60.2 Å². The van der Waals surface area contributed by atoms with Gasteiger partial charge in [0.25, 0.3) is 0 Å². The highest BCUT2D eigenvalue weighted by molar-refractivity contribution is 14.2. The van der Waals surface area contributed by atoms with Gasteiger partial charge in [0.05, 0.1) is 21.8 Å². The average molecular weight is 659 g/mol. The van der Waals surface area contributed by atoms with Crippen LogP contribution >= 0.6 is 32.1 Å². The molecule has 0 fully saturated rings. The van der Waals surface area contributed by atoms with Crippen molar-refractivity contribution in [1.29, 1.82) is 0 Å². The summed E-state index contributed by atoms with van der Waals surface area (Å²) in [6.45, 7) is 6.91. The molecule has 3 aromatic rings. The van der Waals surface area contributed by atoms with Crippen LogP contribution in [-0.2, 0) is 20.1 Å². The van der Waals surface area contributed by atoms with Crippen molar-refractivity contribution in [3.63, 3.8) is 0 Å². The van der Waals surface area contributed by atoms with E-state index in [9.17, 15) is 23.5 Å². The number of benzene rings is 2. The highest BCUT2D eigenvalue weighted by Crippen LogP contribution is 2.44. The summed E-state index contributed by atoms with van der Waals surface area (Å²) in [4.78, 5) is 23.9. The van der Waals surface area contributed by atoms with Crippen molar-refractivity contribution in [3.05, 3.63) is 70.1 Å². The minimum atomic E-state index is -3.05. The summed E-state index contributed by atoms with van der Waals surface area (Å²) in [6.07, 6.45) is -0.848. The molecule has 4 N–H and O–H groups in total. The predicted molar refractivity (Wildman–Crippen MR) is 155 cm³/mol. The first-order valence-corrected chi connectivity index (χ1v) is 14.9. The predicted octanol–water partition coefficient (Wildman–Crippen LogP) is 7.45. The van der Waals surface area contributed by atoms with Crippen molar-refractivity contribution < 1.29 is 33.0 Å². The third-order valence-electron chi connectivity index (χ3n) is 5.43. The first kappa shape index (κ1) is 29.5. The zero-order valence-corrected chi connectivity index (χ0v) is 24.3. The van der Waals surface area contributed by atoms with Crippen molar-refractivity contribution in [2.24, 2.45) is 5.41 Å². The van der Waals surface area contributed by atoms with E-state index in [-0.39, 0.29) is 34.3 Å². The van der Waals surface area contributed by atoms with E-state index >= 15 is 0 Å². The van der Waals surface area contributed by atoms with E-state index in [1.54, 1.807) is 52.0 Å². The Labute approximate surface area is 233 Å². The number of nitrogen functional groups attached to an aromatic ring is 1. The van der Waals surface area contributed by atoms with Gasteiger partial charge in [0, 0.05) is 17.2 Å². The smallest absolute Gasteiger partial charge is 0.349 e. The number of carbonyl (C=O) groups is 2. The molecule has 204 valence electrons. The molecule has 38 heavy (non-hydrogen) atoms. The Hall–Kier alpha value is -3.06. The Morgan fingerprint density at radius 1 is 1.18 bits per heavy atom. The van der Waals surface area contributed by atoms with E-state index in [0.717, 1.165) is 11.3 Å². The highest BCUT2D eigenvalue weighted by atomic mass is 127. The van der Waals surface area contributed by atoms with Gasteiger partial charge >= 0.3 is 15.9 Å². The molecule has 0 spiro atoms. The van der Waals surface area contributed by atoms with Crippen LogP contribution in [0.2, 0.25) is 0 Å². The normalized spacial score (nSPS) is 12.6. The molecular weight excluding hydrogens is 629 g/mol. The van der Waals surface area contributed by atoms with Crippen molar-refractivity contribution in [3.8, 4) is 5.75 Å². The summed E-state index contributed by atoms with van der Waals surface area (Å²) < 4.78 is 40.7. The molecule has 0 radical (unpaired) electrons. The molecule has 7 nitrogen and oxygen atoms in total. The number of nitrogens with two attached hydrogens (primary N) is 1. The second-order valence-corrected chi connectivity index (χ2v) is 12.6. The lowest BCUT2D eigenvalue weighted by atomic mass is 9.97. The van der Waals surface area contributed by atoms with E-state index < -0.39 is 42.1 Å². The molecule has 0 aliphatic rings. The van der Waals surface area contributed by atoms with Crippen LogP contribution in [0.25, 0.3) is 0 Å². The summed E-state index contributed by atoms with van der Waals surface area (Å²) in [5.74, 6) is -1.53. The van der Waals surface area contributed by atoms with Crippen LogP contribution in [-0.4, -0.2) is 21.6 Å². The maximum Gasteiger partial charge on any atom is 0.349 e.